The van der Waals surface area contributed by atoms with Gasteiger partial charge in [-0.1, -0.05) is 0 Å². The molecule has 16 heavy (non-hydrogen) atoms. The first-order chi connectivity index (χ1) is 7.53. The molecular formula is C13H21N3. The zero-order valence-electron chi connectivity index (χ0n) is 10.3. The standard InChI is InChI=1S/C13H21N3/c1-12(2,14)13(6-7-13)10-9-16-8-4-3-5-11(16)15-10/h9H,3-8,14H2,1-2H3. The van der Waals surface area contributed by atoms with Crippen LogP contribution in [0.2, 0.25) is 0 Å². The van der Waals surface area contributed by atoms with Gasteiger partial charge in [0.05, 0.1) is 5.69 Å². The Labute approximate surface area is 97.0 Å². The fourth-order valence-electron chi connectivity index (χ4n) is 3.00. The second-order valence-electron chi connectivity index (χ2n) is 6.00. The second-order valence-corrected chi connectivity index (χ2v) is 6.00. The molecule has 1 saturated carbocycles. The Kier molecular flexibility index (Phi) is 2.00. The summed E-state index contributed by atoms with van der Waals surface area (Å²) >= 11 is 0. The summed E-state index contributed by atoms with van der Waals surface area (Å²) in [5.74, 6) is 1.27. The molecule has 1 aliphatic carbocycles. The van der Waals surface area contributed by atoms with Crippen LogP contribution in [0.1, 0.15) is 51.0 Å². The highest BCUT2D eigenvalue weighted by Crippen LogP contribution is 2.54. The molecule has 1 aromatic rings. The minimum Gasteiger partial charge on any atom is -0.335 e. The van der Waals surface area contributed by atoms with E-state index in [1.807, 2.05) is 0 Å². The van der Waals surface area contributed by atoms with E-state index in [-0.39, 0.29) is 11.0 Å². The summed E-state index contributed by atoms with van der Waals surface area (Å²) in [6.07, 6.45) is 8.38. The Hall–Kier alpha value is -0.830. The Morgan fingerprint density at radius 1 is 1.38 bits per heavy atom. The van der Waals surface area contributed by atoms with E-state index < -0.39 is 0 Å². The number of fused-ring (bicyclic) bond motifs is 1. The number of hydrogen-bond acceptors (Lipinski definition) is 2. The fourth-order valence-corrected chi connectivity index (χ4v) is 3.00. The van der Waals surface area contributed by atoms with Crippen molar-refractivity contribution in [2.75, 3.05) is 0 Å². The van der Waals surface area contributed by atoms with Crippen LogP contribution in [-0.4, -0.2) is 15.1 Å². The molecule has 2 heterocycles. The number of nitrogens with two attached hydrogens (primary N) is 1. The highest BCUT2D eigenvalue weighted by molar-refractivity contribution is 5.31. The third-order valence-electron chi connectivity index (χ3n) is 4.38. The Morgan fingerprint density at radius 3 is 2.69 bits per heavy atom. The Morgan fingerprint density at radius 2 is 2.12 bits per heavy atom. The van der Waals surface area contributed by atoms with E-state index in [4.69, 9.17) is 10.7 Å². The zero-order chi connectivity index (χ0) is 11.4. The van der Waals surface area contributed by atoms with Crippen LogP contribution in [0.25, 0.3) is 0 Å². The average Bonchev–Trinajstić information content (AvgIpc) is 2.92. The van der Waals surface area contributed by atoms with Gasteiger partial charge in [-0.2, -0.15) is 0 Å². The SMILES string of the molecule is CC(C)(N)C1(c2cn3c(n2)CCCC3)CC1. The monoisotopic (exact) mass is 219 g/mol. The number of rotatable bonds is 2. The van der Waals surface area contributed by atoms with Crippen molar-refractivity contribution in [2.24, 2.45) is 5.73 Å². The highest BCUT2D eigenvalue weighted by atomic mass is 15.1. The predicted molar refractivity (Wildman–Crippen MR) is 64.3 cm³/mol. The molecule has 0 spiro atoms. The molecule has 0 saturated heterocycles. The number of aromatic nitrogens is 2. The molecule has 2 aliphatic rings. The molecule has 1 aromatic heterocycles. The summed E-state index contributed by atoms with van der Waals surface area (Å²) < 4.78 is 2.34. The number of hydrogen-bond donors (Lipinski definition) is 1. The summed E-state index contributed by atoms with van der Waals surface area (Å²) in [6.45, 7) is 5.42. The molecule has 0 atom stereocenters. The summed E-state index contributed by atoms with van der Waals surface area (Å²) in [4.78, 5) is 4.83. The van der Waals surface area contributed by atoms with Gasteiger partial charge in [-0.05, 0) is 39.5 Å². The van der Waals surface area contributed by atoms with Crippen molar-refractivity contribution in [3.05, 3.63) is 17.7 Å². The topological polar surface area (TPSA) is 43.8 Å². The van der Waals surface area contributed by atoms with Gasteiger partial charge in [0.2, 0.25) is 0 Å². The summed E-state index contributed by atoms with van der Waals surface area (Å²) in [5.41, 5.74) is 7.59. The smallest absolute Gasteiger partial charge is 0.108 e. The summed E-state index contributed by atoms with van der Waals surface area (Å²) in [7, 11) is 0. The first kappa shape index (κ1) is 10.3. The maximum atomic E-state index is 6.32. The third-order valence-corrected chi connectivity index (χ3v) is 4.38. The lowest BCUT2D eigenvalue weighted by Crippen LogP contribution is -2.45. The Balaban J connectivity index is 1.99. The first-order valence-corrected chi connectivity index (χ1v) is 6.38. The fraction of sp³-hybridized carbons (Fsp3) is 0.769. The molecule has 1 fully saturated rings. The Bertz CT molecular complexity index is 384. The van der Waals surface area contributed by atoms with Crippen LogP contribution in [0.3, 0.4) is 0 Å². The van der Waals surface area contributed by atoms with Crippen LogP contribution >= 0.6 is 0 Å². The minimum atomic E-state index is -0.141. The van der Waals surface area contributed by atoms with Crippen molar-refractivity contribution in [3.63, 3.8) is 0 Å². The van der Waals surface area contributed by atoms with E-state index in [9.17, 15) is 0 Å². The second kappa shape index (κ2) is 3.10. The largest absolute Gasteiger partial charge is 0.335 e. The number of aryl methyl sites for hydroxylation is 2. The molecule has 0 bridgehead atoms. The maximum Gasteiger partial charge on any atom is 0.108 e. The van der Waals surface area contributed by atoms with Gasteiger partial charge in [0.25, 0.3) is 0 Å². The first-order valence-electron chi connectivity index (χ1n) is 6.38. The molecule has 0 amide bonds. The van der Waals surface area contributed by atoms with E-state index in [0.717, 1.165) is 13.0 Å². The molecule has 0 radical (unpaired) electrons. The zero-order valence-corrected chi connectivity index (χ0v) is 10.3. The van der Waals surface area contributed by atoms with Crippen molar-refractivity contribution in [3.8, 4) is 0 Å². The van der Waals surface area contributed by atoms with E-state index in [1.54, 1.807) is 0 Å². The van der Waals surface area contributed by atoms with Gasteiger partial charge in [0, 0.05) is 30.1 Å². The molecular weight excluding hydrogens is 198 g/mol. The lowest BCUT2D eigenvalue weighted by Gasteiger charge is -2.29. The third kappa shape index (κ3) is 1.34. The predicted octanol–water partition coefficient (Wildman–Crippen LogP) is 1.99. The molecule has 2 N–H and O–H groups in total. The summed E-state index contributed by atoms with van der Waals surface area (Å²) in [6, 6.07) is 0. The van der Waals surface area contributed by atoms with Crippen LogP contribution in [-0.2, 0) is 18.4 Å². The van der Waals surface area contributed by atoms with Gasteiger partial charge in [-0.25, -0.2) is 4.98 Å². The maximum absolute atomic E-state index is 6.32. The van der Waals surface area contributed by atoms with Crippen molar-refractivity contribution in [1.29, 1.82) is 0 Å². The van der Waals surface area contributed by atoms with Gasteiger partial charge >= 0.3 is 0 Å². The molecule has 3 rings (SSSR count). The van der Waals surface area contributed by atoms with E-state index in [0.29, 0.717) is 0 Å². The van der Waals surface area contributed by atoms with E-state index in [2.05, 4.69) is 24.6 Å². The molecule has 3 nitrogen and oxygen atoms in total. The quantitative estimate of drug-likeness (QED) is 0.826. The minimum absolute atomic E-state index is 0.141. The molecule has 3 heteroatoms. The van der Waals surface area contributed by atoms with E-state index >= 15 is 0 Å². The normalized spacial score (nSPS) is 22.9. The van der Waals surface area contributed by atoms with Crippen molar-refractivity contribution >= 4 is 0 Å². The van der Waals surface area contributed by atoms with Crippen LogP contribution < -0.4 is 5.73 Å². The molecule has 0 aromatic carbocycles. The van der Waals surface area contributed by atoms with Crippen LogP contribution in [0.4, 0.5) is 0 Å². The van der Waals surface area contributed by atoms with E-state index in [1.165, 1.54) is 37.2 Å². The molecule has 88 valence electrons. The van der Waals surface area contributed by atoms with Gasteiger partial charge < -0.3 is 10.3 Å². The lowest BCUT2D eigenvalue weighted by atomic mass is 9.83. The van der Waals surface area contributed by atoms with Gasteiger partial charge in [0.15, 0.2) is 0 Å². The lowest BCUT2D eigenvalue weighted by molar-refractivity contribution is 0.384. The van der Waals surface area contributed by atoms with Crippen molar-refractivity contribution in [2.45, 2.75) is 63.5 Å². The highest BCUT2D eigenvalue weighted by Gasteiger charge is 2.55. The number of nitrogens with zero attached hydrogens (tertiary/aromatic N) is 2. The van der Waals surface area contributed by atoms with Crippen molar-refractivity contribution < 1.29 is 0 Å². The molecule has 1 aliphatic heterocycles. The molecule has 0 unspecified atom stereocenters. The van der Waals surface area contributed by atoms with Crippen LogP contribution in [0.5, 0.6) is 0 Å². The number of imidazole rings is 1. The van der Waals surface area contributed by atoms with Gasteiger partial charge in [-0.15, -0.1) is 0 Å². The van der Waals surface area contributed by atoms with Crippen LogP contribution in [0, 0.1) is 0 Å². The van der Waals surface area contributed by atoms with Crippen LogP contribution in [0.15, 0.2) is 6.20 Å². The van der Waals surface area contributed by atoms with Crippen molar-refractivity contribution in [1.82, 2.24) is 9.55 Å². The average molecular weight is 219 g/mol. The summed E-state index contributed by atoms with van der Waals surface area (Å²) in [5, 5.41) is 0. The van der Waals surface area contributed by atoms with Gasteiger partial charge in [-0.3, -0.25) is 0 Å². The van der Waals surface area contributed by atoms with Gasteiger partial charge in [0.1, 0.15) is 5.82 Å².